The van der Waals surface area contributed by atoms with Gasteiger partial charge in [-0.25, -0.2) is 4.79 Å². The molecule has 1 aliphatic carbocycles. The van der Waals surface area contributed by atoms with Crippen LogP contribution in [-0.4, -0.2) is 106 Å². The van der Waals surface area contributed by atoms with Crippen LogP contribution in [0.3, 0.4) is 0 Å². The summed E-state index contributed by atoms with van der Waals surface area (Å²) in [7, 11) is 0. The van der Waals surface area contributed by atoms with Crippen LogP contribution < -0.4 is 16.0 Å². The van der Waals surface area contributed by atoms with Crippen molar-refractivity contribution < 1.29 is 33.9 Å². The number of piperidine rings is 1. The number of carbonyl (C=O) groups is 5. The van der Waals surface area contributed by atoms with Gasteiger partial charge in [0.25, 0.3) is 0 Å². The molecule has 1 spiro atoms. The number of carbonyl (C=O) groups excluding carboxylic acids is 5. The molecule has 1 saturated carbocycles. The van der Waals surface area contributed by atoms with Gasteiger partial charge in [0.2, 0.25) is 11.8 Å². The molecule has 1 aromatic carbocycles. The first-order valence-corrected chi connectivity index (χ1v) is 20.4. The molecule has 252 valence electrons. The molecule has 12 nitrogen and oxygen atoms in total. The van der Waals surface area contributed by atoms with Crippen LogP contribution in [0, 0.1) is 5.41 Å². The summed E-state index contributed by atoms with van der Waals surface area (Å²) in [6.45, 7) is 7.81. The third-order valence-corrected chi connectivity index (χ3v) is 14.8. The zero-order valence-electron chi connectivity index (χ0n) is 27.0. The number of hydrogen-bond acceptors (Lipinski definition) is 7. The molecule has 1 aromatic rings. The van der Waals surface area contributed by atoms with Gasteiger partial charge in [-0.1, -0.05) is 0 Å². The minimum absolute atomic E-state index is 0.0123. The maximum absolute atomic E-state index is 13.1. The van der Waals surface area contributed by atoms with E-state index in [2.05, 4.69) is 30.4 Å². The molecule has 6 aliphatic rings. The zero-order chi connectivity index (χ0) is 33.4. The first kappa shape index (κ1) is 32.7. The number of likely N-dealkylation sites (tertiary alicyclic amines) is 2. The van der Waals surface area contributed by atoms with Crippen LogP contribution >= 0.6 is 19.8 Å². The van der Waals surface area contributed by atoms with Crippen molar-refractivity contribution in [2.45, 2.75) is 57.0 Å². The zero-order valence-corrected chi connectivity index (χ0v) is 29.1. The second-order valence-electron chi connectivity index (χ2n) is 13.5. The summed E-state index contributed by atoms with van der Waals surface area (Å²) in [5.41, 5.74) is 2.35. The van der Waals surface area contributed by atoms with E-state index < -0.39 is 25.2 Å². The van der Waals surface area contributed by atoms with Gasteiger partial charge in [-0.15, -0.1) is 0 Å². The quantitative estimate of drug-likeness (QED) is 0.159. The molecular weight excluding hydrogens is 725 g/mol. The third-order valence-electron chi connectivity index (χ3n) is 10.3. The molecule has 4 N–H and O–H groups in total. The minimum atomic E-state index is -1.89. The SMILES string of the molecule is C=[N+](C(=O)C1=CI2C=C(c3cccc(C(=O)[NH2+]CCN4CCC(NC(=O)N5CCC6(CC(=O)NC6=O)C5)CC4)c3)N=C2C=C1)C1CCC1. The predicted octanol–water partition coefficient (Wildman–Crippen LogP) is 1.77. The number of quaternary nitrogens is 1. The first-order valence-electron chi connectivity index (χ1n) is 16.8. The molecular formula is C35H42IN7O5+2. The number of amides is 6. The number of halogens is 1. The standard InChI is InChI=1S/C35H40IN7O5/c1-41(27-6-3-7-27)32(46)25-8-9-29-36(20-25)21-28(39-29)23-4-2-5-24(18-23)31(45)37-13-17-42-14-10-26(11-15-42)38-34(48)43-16-12-35(22-43)19-30(44)40-33(35)47/h2,4-5,8-9,18,20-21,26-27H,1,3,6-7,10-17,19,22H2,(H2-,37,38,40,44,45,47,48)/p+2. The number of aliphatic imine (C=N–C) groups is 1. The van der Waals surface area contributed by atoms with Gasteiger partial charge < -0.3 is 10.2 Å². The van der Waals surface area contributed by atoms with Crippen LogP contribution in [0.5, 0.6) is 0 Å². The Kier molecular flexibility index (Phi) is 9.26. The van der Waals surface area contributed by atoms with Gasteiger partial charge in [-0.3, -0.25) is 14.9 Å². The van der Waals surface area contributed by atoms with Crippen molar-refractivity contribution >= 4 is 65.6 Å². The number of benzene rings is 1. The fourth-order valence-corrected chi connectivity index (χ4v) is 11.4. The van der Waals surface area contributed by atoms with Crippen LogP contribution in [0.25, 0.3) is 5.70 Å². The molecule has 48 heavy (non-hydrogen) atoms. The summed E-state index contributed by atoms with van der Waals surface area (Å²) in [6.07, 6.45) is 9.34. The molecule has 7 rings (SSSR count). The van der Waals surface area contributed by atoms with Crippen molar-refractivity contribution in [2.75, 3.05) is 39.3 Å². The number of nitrogens with zero attached hydrogens (tertiary/aromatic N) is 4. The monoisotopic (exact) mass is 767 g/mol. The Balaban J connectivity index is 0.854. The van der Waals surface area contributed by atoms with Gasteiger partial charge in [-0.05, 0) is 6.42 Å². The van der Waals surface area contributed by atoms with E-state index >= 15 is 0 Å². The van der Waals surface area contributed by atoms with E-state index in [1.807, 2.05) is 36.4 Å². The normalized spacial score (nSPS) is 25.0. The van der Waals surface area contributed by atoms with E-state index in [1.165, 1.54) is 0 Å². The fourth-order valence-electron chi connectivity index (χ4n) is 7.11. The van der Waals surface area contributed by atoms with Gasteiger partial charge >= 0.3 is 209 Å². The number of rotatable bonds is 8. The van der Waals surface area contributed by atoms with E-state index in [4.69, 9.17) is 4.99 Å². The first-order chi connectivity index (χ1) is 23.2. The number of nitrogens with two attached hydrogens (primary N) is 1. The fraction of sp³-hybridized carbons (Fsp3) is 0.457. The summed E-state index contributed by atoms with van der Waals surface area (Å²) >= 11 is -1.89. The van der Waals surface area contributed by atoms with Gasteiger partial charge in [-0.2, -0.15) is 0 Å². The molecule has 13 heteroatoms. The van der Waals surface area contributed by atoms with Crippen LogP contribution in [0.15, 0.2) is 55.1 Å². The average Bonchev–Trinajstić information content (AvgIpc) is 3.76. The average molecular weight is 768 g/mol. The molecule has 1 atom stereocenters. The number of allylic oxidation sites excluding steroid dienone is 1. The van der Waals surface area contributed by atoms with Crippen molar-refractivity contribution in [1.29, 1.82) is 0 Å². The number of imide groups is 1. The van der Waals surface area contributed by atoms with Crippen LogP contribution in [-0.2, 0) is 14.4 Å². The van der Waals surface area contributed by atoms with Crippen molar-refractivity contribution in [3.63, 3.8) is 0 Å². The number of fused-ring (bicyclic) bond motifs is 1. The second-order valence-corrected chi connectivity index (χ2v) is 17.9. The van der Waals surface area contributed by atoms with Crippen molar-refractivity contribution in [3.8, 4) is 0 Å². The summed E-state index contributed by atoms with van der Waals surface area (Å²) in [5, 5.41) is 7.25. The molecule has 3 saturated heterocycles. The Morgan fingerprint density at radius 3 is 2.65 bits per heavy atom. The molecule has 0 radical (unpaired) electrons. The van der Waals surface area contributed by atoms with E-state index in [1.54, 1.807) is 14.8 Å². The number of urea groups is 1. The third kappa shape index (κ3) is 6.72. The number of primary amides is 1. The van der Waals surface area contributed by atoms with Crippen molar-refractivity contribution in [1.82, 2.24) is 20.4 Å². The maximum atomic E-state index is 13.1. The van der Waals surface area contributed by atoms with Crippen molar-refractivity contribution in [3.05, 3.63) is 61.3 Å². The Hall–Kier alpha value is -3.82. The predicted molar refractivity (Wildman–Crippen MR) is 189 cm³/mol. The Bertz CT molecular complexity index is 1700. The Morgan fingerprint density at radius 2 is 1.92 bits per heavy atom. The van der Waals surface area contributed by atoms with Crippen LogP contribution in [0.2, 0.25) is 0 Å². The van der Waals surface area contributed by atoms with Crippen LogP contribution in [0.4, 0.5) is 4.79 Å². The summed E-state index contributed by atoms with van der Waals surface area (Å²) in [6, 6.07) is 7.75. The number of nitrogens with one attached hydrogen (secondary N) is 2. The summed E-state index contributed by atoms with van der Waals surface area (Å²) in [5.74, 6) is -0.546. The Labute approximate surface area is 286 Å². The Morgan fingerprint density at radius 1 is 1.10 bits per heavy atom. The topological polar surface area (TPSA) is 148 Å². The summed E-state index contributed by atoms with van der Waals surface area (Å²) < 4.78 is 6.99. The molecule has 0 aromatic heterocycles. The van der Waals surface area contributed by atoms with E-state index in [-0.39, 0.29) is 54.7 Å². The van der Waals surface area contributed by atoms with Gasteiger partial charge in [0, 0.05) is 25.6 Å². The second kappa shape index (κ2) is 13.6. The van der Waals surface area contributed by atoms with E-state index in [9.17, 15) is 24.0 Å². The molecule has 1 unspecified atom stereocenters. The van der Waals surface area contributed by atoms with E-state index in [0.717, 1.165) is 66.7 Å². The van der Waals surface area contributed by atoms with Gasteiger partial charge in [0.05, 0.1) is 5.41 Å². The van der Waals surface area contributed by atoms with Gasteiger partial charge in [0.1, 0.15) is 0 Å². The molecule has 0 bridgehead atoms. The molecule has 6 amide bonds. The van der Waals surface area contributed by atoms with Gasteiger partial charge in [0.15, 0.2) is 0 Å². The molecule has 5 heterocycles. The molecule has 5 aliphatic heterocycles. The summed E-state index contributed by atoms with van der Waals surface area (Å²) in [4.78, 5) is 71.7. The van der Waals surface area contributed by atoms with Crippen molar-refractivity contribution in [2.24, 2.45) is 10.4 Å². The molecule has 4 fully saturated rings. The number of hydrogen-bond donors (Lipinski definition) is 3. The van der Waals surface area contributed by atoms with E-state index in [0.29, 0.717) is 30.6 Å². The van der Waals surface area contributed by atoms with Crippen LogP contribution in [0.1, 0.15) is 60.9 Å².